The van der Waals surface area contributed by atoms with E-state index in [9.17, 15) is 5.11 Å². The normalized spacial score (nSPS) is 11.4. The van der Waals surface area contributed by atoms with E-state index in [-0.39, 0.29) is 11.8 Å². The molecule has 0 spiro atoms. The molecular formula is C11H15NO. The van der Waals surface area contributed by atoms with Crippen molar-refractivity contribution in [2.45, 2.75) is 26.8 Å². The molecule has 0 aromatic heterocycles. The summed E-state index contributed by atoms with van der Waals surface area (Å²) in [7, 11) is 0. The van der Waals surface area contributed by atoms with Crippen molar-refractivity contribution in [3.05, 3.63) is 29.3 Å². The molecule has 0 atom stereocenters. The van der Waals surface area contributed by atoms with Gasteiger partial charge >= 0.3 is 0 Å². The van der Waals surface area contributed by atoms with Crippen molar-refractivity contribution in [1.29, 1.82) is 0 Å². The monoisotopic (exact) mass is 177 g/mol. The van der Waals surface area contributed by atoms with Crippen LogP contribution in [0.1, 0.15) is 25.0 Å². The van der Waals surface area contributed by atoms with E-state index in [0.717, 1.165) is 11.1 Å². The number of rotatable bonds is 2. The Kier molecular flexibility index (Phi) is 3.07. The largest absolute Gasteiger partial charge is 0.507 e. The molecule has 0 fully saturated rings. The lowest BCUT2D eigenvalue weighted by Crippen LogP contribution is -1.91. The second kappa shape index (κ2) is 4.08. The van der Waals surface area contributed by atoms with E-state index in [0.29, 0.717) is 0 Å². The van der Waals surface area contributed by atoms with Crippen LogP contribution < -0.4 is 0 Å². The third-order valence-corrected chi connectivity index (χ3v) is 1.69. The summed E-state index contributed by atoms with van der Waals surface area (Å²) in [5.41, 5.74) is 1.91. The van der Waals surface area contributed by atoms with Crippen LogP contribution in [0.4, 0.5) is 0 Å². The number of aryl methyl sites for hydroxylation is 1. The zero-order valence-electron chi connectivity index (χ0n) is 8.28. The molecule has 1 N–H and O–H groups in total. The third-order valence-electron chi connectivity index (χ3n) is 1.69. The summed E-state index contributed by atoms with van der Waals surface area (Å²) in [6.07, 6.45) is 1.72. The SMILES string of the molecule is Cc1ccc(O)c(C=NC(C)C)c1. The predicted molar refractivity (Wildman–Crippen MR) is 55.6 cm³/mol. The predicted octanol–water partition coefficient (Wildman–Crippen LogP) is 2.53. The average molecular weight is 177 g/mol. The number of phenolic OH excluding ortho intramolecular Hbond substituents is 1. The Balaban J connectivity index is 2.93. The van der Waals surface area contributed by atoms with Crippen LogP contribution in [0.5, 0.6) is 5.75 Å². The summed E-state index contributed by atoms with van der Waals surface area (Å²) in [5.74, 6) is 0.287. The molecule has 0 heterocycles. The third kappa shape index (κ3) is 2.90. The van der Waals surface area contributed by atoms with E-state index in [4.69, 9.17) is 0 Å². The van der Waals surface area contributed by atoms with Gasteiger partial charge in [0.05, 0.1) is 0 Å². The first-order valence-electron chi connectivity index (χ1n) is 4.42. The smallest absolute Gasteiger partial charge is 0.124 e. The van der Waals surface area contributed by atoms with Crippen molar-refractivity contribution in [2.24, 2.45) is 4.99 Å². The maximum absolute atomic E-state index is 9.46. The van der Waals surface area contributed by atoms with E-state index in [1.165, 1.54) is 0 Å². The van der Waals surface area contributed by atoms with E-state index < -0.39 is 0 Å². The van der Waals surface area contributed by atoms with Crippen molar-refractivity contribution < 1.29 is 5.11 Å². The van der Waals surface area contributed by atoms with Crippen LogP contribution in [0.15, 0.2) is 23.2 Å². The lowest BCUT2D eigenvalue weighted by atomic mass is 10.1. The van der Waals surface area contributed by atoms with E-state index >= 15 is 0 Å². The zero-order valence-corrected chi connectivity index (χ0v) is 8.28. The molecule has 2 heteroatoms. The molecule has 1 aromatic rings. The molecular weight excluding hydrogens is 162 g/mol. The Hall–Kier alpha value is -1.31. The van der Waals surface area contributed by atoms with Gasteiger partial charge in [0.15, 0.2) is 0 Å². The molecule has 0 saturated carbocycles. The molecule has 0 amide bonds. The van der Waals surface area contributed by atoms with Gasteiger partial charge in [0.25, 0.3) is 0 Å². The van der Waals surface area contributed by atoms with Crippen molar-refractivity contribution in [3.63, 3.8) is 0 Å². The van der Waals surface area contributed by atoms with Crippen LogP contribution in [-0.4, -0.2) is 17.4 Å². The standard InChI is InChI=1S/C11H15NO/c1-8(2)12-7-10-6-9(3)4-5-11(10)13/h4-8,13H,1-3H3. The Morgan fingerprint density at radius 2 is 2.08 bits per heavy atom. The Bertz CT molecular complexity index is 316. The summed E-state index contributed by atoms with van der Waals surface area (Å²) in [4.78, 5) is 4.21. The van der Waals surface area contributed by atoms with E-state index in [1.807, 2.05) is 32.9 Å². The summed E-state index contributed by atoms with van der Waals surface area (Å²) in [6.45, 7) is 6.00. The van der Waals surface area contributed by atoms with Crippen LogP contribution in [0.2, 0.25) is 0 Å². The van der Waals surface area contributed by atoms with Gasteiger partial charge in [0, 0.05) is 17.8 Å². The second-order valence-electron chi connectivity index (χ2n) is 3.43. The highest BCUT2D eigenvalue weighted by Gasteiger charge is 1.97. The molecule has 0 aliphatic heterocycles. The maximum Gasteiger partial charge on any atom is 0.124 e. The lowest BCUT2D eigenvalue weighted by Gasteiger charge is -2.00. The van der Waals surface area contributed by atoms with Gasteiger partial charge in [-0.25, -0.2) is 0 Å². The molecule has 0 unspecified atom stereocenters. The van der Waals surface area contributed by atoms with Gasteiger partial charge in [-0.1, -0.05) is 11.6 Å². The van der Waals surface area contributed by atoms with Gasteiger partial charge in [-0.3, -0.25) is 4.99 Å². The van der Waals surface area contributed by atoms with Crippen molar-refractivity contribution >= 4 is 6.21 Å². The Labute approximate surface area is 78.9 Å². The van der Waals surface area contributed by atoms with E-state index in [2.05, 4.69) is 4.99 Å². The molecule has 1 rings (SSSR count). The van der Waals surface area contributed by atoms with Gasteiger partial charge in [-0.2, -0.15) is 0 Å². The highest BCUT2D eigenvalue weighted by molar-refractivity contribution is 5.83. The first kappa shape index (κ1) is 9.78. The molecule has 0 saturated heterocycles. The van der Waals surface area contributed by atoms with Crippen molar-refractivity contribution in [2.75, 3.05) is 0 Å². The molecule has 70 valence electrons. The molecule has 0 radical (unpaired) electrons. The molecule has 0 bridgehead atoms. The minimum Gasteiger partial charge on any atom is -0.507 e. The summed E-state index contributed by atoms with van der Waals surface area (Å²) in [5, 5.41) is 9.46. The Morgan fingerprint density at radius 3 is 2.69 bits per heavy atom. The van der Waals surface area contributed by atoms with Gasteiger partial charge in [-0.15, -0.1) is 0 Å². The second-order valence-corrected chi connectivity index (χ2v) is 3.43. The molecule has 0 aliphatic carbocycles. The molecule has 1 aromatic carbocycles. The zero-order chi connectivity index (χ0) is 9.84. The minimum atomic E-state index is 0.264. The fraction of sp³-hybridized carbons (Fsp3) is 0.364. The molecule has 13 heavy (non-hydrogen) atoms. The molecule has 0 aliphatic rings. The number of benzene rings is 1. The summed E-state index contributed by atoms with van der Waals surface area (Å²) >= 11 is 0. The average Bonchev–Trinajstić information content (AvgIpc) is 2.06. The number of hydrogen-bond donors (Lipinski definition) is 1. The van der Waals surface area contributed by atoms with Crippen LogP contribution in [0, 0.1) is 6.92 Å². The lowest BCUT2D eigenvalue weighted by molar-refractivity contribution is 0.474. The van der Waals surface area contributed by atoms with Gasteiger partial charge < -0.3 is 5.11 Å². The maximum atomic E-state index is 9.46. The van der Waals surface area contributed by atoms with Crippen LogP contribution in [-0.2, 0) is 0 Å². The number of nitrogens with zero attached hydrogens (tertiary/aromatic N) is 1. The van der Waals surface area contributed by atoms with Gasteiger partial charge in [0.1, 0.15) is 5.75 Å². The highest BCUT2D eigenvalue weighted by Crippen LogP contribution is 2.15. The molecule has 2 nitrogen and oxygen atoms in total. The first-order valence-corrected chi connectivity index (χ1v) is 4.42. The van der Waals surface area contributed by atoms with Crippen LogP contribution in [0.3, 0.4) is 0 Å². The fourth-order valence-electron chi connectivity index (χ4n) is 1.01. The van der Waals surface area contributed by atoms with Gasteiger partial charge in [0.2, 0.25) is 0 Å². The highest BCUT2D eigenvalue weighted by atomic mass is 16.3. The number of phenols is 1. The van der Waals surface area contributed by atoms with Gasteiger partial charge in [-0.05, 0) is 32.9 Å². The van der Waals surface area contributed by atoms with Crippen LogP contribution in [0.25, 0.3) is 0 Å². The van der Waals surface area contributed by atoms with Crippen LogP contribution >= 0.6 is 0 Å². The number of aromatic hydroxyl groups is 1. The minimum absolute atomic E-state index is 0.264. The van der Waals surface area contributed by atoms with Crippen molar-refractivity contribution in [3.8, 4) is 5.75 Å². The number of aliphatic imine (C=N–C) groups is 1. The fourth-order valence-corrected chi connectivity index (χ4v) is 1.01. The van der Waals surface area contributed by atoms with E-state index in [1.54, 1.807) is 12.3 Å². The number of hydrogen-bond acceptors (Lipinski definition) is 2. The first-order chi connectivity index (χ1) is 6.09. The van der Waals surface area contributed by atoms with Crippen molar-refractivity contribution in [1.82, 2.24) is 0 Å². The quantitative estimate of drug-likeness (QED) is 0.692. The topological polar surface area (TPSA) is 32.6 Å². The summed E-state index contributed by atoms with van der Waals surface area (Å²) in [6, 6.07) is 5.75. The Morgan fingerprint density at radius 1 is 1.38 bits per heavy atom. The summed E-state index contributed by atoms with van der Waals surface area (Å²) < 4.78 is 0.